The lowest BCUT2D eigenvalue weighted by molar-refractivity contribution is 0.559. The van der Waals surface area contributed by atoms with Gasteiger partial charge < -0.3 is 0 Å². The second kappa shape index (κ2) is 13.8. The van der Waals surface area contributed by atoms with Crippen LogP contribution in [0.1, 0.15) is 158 Å². The van der Waals surface area contributed by atoms with Gasteiger partial charge in [0.1, 0.15) is 0 Å². The molecule has 0 aliphatic heterocycles. The van der Waals surface area contributed by atoms with E-state index in [0.717, 1.165) is 0 Å². The molecule has 0 aliphatic carbocycles. The highest BCUT2D eigenvalue weighted by Crippen LogP contribution is 2.77. The van der Waals surface area contributed by atoms with Crippen molar-refractivity contribution >= 4 is 39.7 Å². The predicted octanol–water partition coefficient (Wildman–Crippen LogP) is 15.4. The van der Waals surface area contributed by atoms with Gasteiger partial charge in [-0.2, -0.15) is 0 Å². The van der Waals surface area contributed by atoms with Gasteiger partial charge in [-0.15, -0.1) is 0 Å². The summed E-state index contributed by atoms with van der Waals surface area (Å²) in [6.07, 6.45) is 0. The lowest BCUT2D eigenvalue weighted by atomic mass is 9.81. The Labute approximate surface area is 297 Å². The molecule has 3 aromatic rings. The Bertz CT molecular complexity index is 1320. The summed E-state index contributed by atoms with van der Waals surface area (Å²) in [6, 6.07) is 21.8. The molecule has 3 rings (SSSR count). The molecule has 0 saturated heterocycles. The highest BCUT2D eigenvalue weighted by Gasteiger charge is 2.30. The SMILES string of the molecule is CC(C)(C)c1ccc(SP(Sc2ccc(C(C)(C)C)cc2C(C)(C)C)Sc2ccc(C(C)(C)C)cc2C(C)(C)C)c(C(C)(C)C)c1. The molecular weight excluding hydrogens is 632 g/mol. The van der Waals surface area contributed by atoms with Crippen molar-refractivity contribution in [2.24, 2.45) is 0 Å². The van der Waals surface area contributed by atoms with Crippen LogP contribution in [0.3, 0.4) is 0 Å². The van der Waals surface area contributed by atoms with Gasteiger partial charge in [-0.25, -0.2) is 0 Å². The van der Waals surface area contributed by atoms with E-state index in [0.29, 0.717) is 0 Å². The molecule has 0 atom stereocenters. The van der Waals surface area contributed by atoms with Crippen LogP contribution < -0.4 is 0 Å². The molecule has 0 spiro atoms. The van der Waals surface area contributed by atoms with E-state index >= 15 is 0 Å². The minimum atomic E-state index is -0.643. The van der Waals surface area contributed by atoms with Gasteiger partial charge in [-0.05, 0) is 84.1 Å². The zero-order valence-electron chi connectivity index (χ0n) is 32.4. The Balaban J connectivity index is 2.24. The Morgan fingerprint density at radius 3 is 0.717 bits per heavy atom. The van der Waals surface area contributed by atoms with E-state index in [4.69, 9.17) is 0 Å². The van der Waals surface area contributed by atoms with Crippen LogP contribution in [0, 0.1) is 0 Å². The normalized spacial score (nSPS) is 13.9. The molecular formula is C42H63PS3. The quantitative estimate of drug-likeness (QED) is 0.236. The summed E-state index contributed by atoms with van der Waals surface area (Å²) in [5.74, 6) is 0. The van der Waals surface area contributed by atoms with Crippen molar-refractivity contribution in [2.45, 2.75) is 172 Å². The Morgan fingerprint density at radius 2 is 0.543 bits per heavy atom. The summed E-state index contributed by atoms with van der Waals surface area (Å²) in [4.78, 5) is 4.25. The van der Waals surface area contributed by atoms with Crippen LogP contribution in [-0.4, -0.2) is 0 Å². The second-order valence-corrected chi connectivity index (χ2v) is 28.5. The third-order valence-electron chi connectivity index (χ3n) is 8.48. The monoisotopic (exact) mass is 694 g/mol. The minimum absolute atomic E-state index is 0.0514. The topological polar surface area (TPSA) is 0 Å². The summed E-state index contributed by atoms with van der Waals surface area (Å²) in [6.45, 7) is 42.2. The molecule has 0 amide bonds. The fraction of sp³-hybridized carbons (Fsp3) is 0.571. The van der Waals surface area contributed by atoms with Crippen LogP contribution in [0.2, 0.25) is 0 Å². The standard InChI is InChI=1S/C42H63PS3/c1-37(2,3)28-19-22-34(31(25-28)40(10,11)12)44-43(45-35-23-20-29(38(4,5)6)26-32(35)41(13,14)15)46-36-24-21-30(39(7,8)9)27-33(36)42(16,17)18/h19-27H,1-18H3. The van der Waals surface area contributed by atoms with Crippen LogP contribution in [0.25, 0.3) is 0 Å². The van der Waals surface area contributed by atoms with Gasteiger partial charge in [0.25, 0.3) is 0 Å². The molecule has 0 nitrogen and oxygen atoms in total. The molecule has 0 unspecified atom stereocenters. The summed E-state index contributed by atoms with van der Waals surface area (Å²) >= 11 is 6.30. The van der Waals surface area contributed by atoms with Gasteiger partial charge in [0.2, 0.25) is 0 Å². The number of rotatable bonds is 6. The van der Waals surface area contributed by atoms with E-state index in [1.54, 1.807) is 0 Å². The lowest BCUT2D eigenvalue weighted by Crippen LogP contribution is -2.17. The highest BCUT2D eigenvalue weighted by atomic mass is 33.4. The molecule has 0 bridgehead atoms. The van der Waals surface area contributed by atoms with E-state index < -0.39 is 5.53 Å². The van der Waals surface area contributed by atoms with Crippen LogP contribution in [0.5, 0.6) is 0 Å². The van der Waals surface area contributed by atoms with E-state index in [2.05, 4.69) is 213 Å². The fourth-order valence-corrected chi connectivity index (χ4v) is 16.2. The maximum absolute atomic E-state index is 2.49. The highest BCUT2D eigenvalue weighted by molar-refractivity contribution is 9.12. The van der Waals surface area contributed by atoms with Crippen molar-refractivity contribution < 1.29 is 0 Å². The zero-order chi connectivity index (χ0) is 35.3. The Kier molecular flexibility index (Phi) is 11.9. The minimum Gasteiger partial charge on any atom is -0.0751 e. The van der Waals surface area contributed by atoms with Crippen molar-refractivity contribution in [1.29, 1.82) is 0 Å². The molecule has 0 saturated carbocycles. The van der Waals surface area contributed by atoms with Crippen LogP contribution >= 0.6 is 39.7 Å². The maximum Gasteiger partial charge on any atom is 0.0877 e. The first-order valence-corrected chi connectivity index (χ1v) is 22.5. The molecule has 0 fully saturated rings. The third-order valence-corrected chi connectivity index (χ3v) is 17.7. The summed E-state index contributed by atoms with van der Waals surface area (Å²) in [7, 11) is 0. The molecule has 0 aromatic heterocycles. The van der Waals surface area contributed by atoms with Gasteiger partial charge in [0.05, 0.1) is 5.53 Å². The largest absolute Gasteiger partial charge is 0.0877 e. The molecule has 4 heteroatoms. The van der Waals surface area contributed by atoms with E-state index in [1.165, 1.54) is 48.1 Å². The number of hydrogen-bond acceptors (Lipinski definition) is 3. The van der Waals surface area contributed by atoms with Gasteiger partial charge >= 0.3 is 0 Å². The number of hydrogen-bond donors (Lipinski definition) is 0. The van der Waals surface area contributed by atoms with Crippen molar-refractivity contribution in [3.05, 3.63) is 88.0 Å². The number of benzene rings is 3. The van der Waals surface area contributed by atoms with Crippen molar-refractivity contribution in [3.63, 3.8) is 0 Å². The van der Waals surface area contributed by atoms with Gasteiger partial charge in [0.15, 0.2) is 0 Å². The summed E-state index contributed by atoms with van der Waals surface area (Å²) < 4.78 is 0. The molecule has 254 valence electrons. The van der Waals surface area contributed by atoms with Crippen LogP contribution in [0.15, 0.2) is 69.3 Å². The molecule has 3 aromatic carbocycles. The summed E-state index contributed by atoms with van der Waals surface area (Å²) in [5.41, 5.74) is 8.45. The Hall–Kier alpha value is -0.860. The first-order chi connectivity index (χ1) is 20.6. The fourth-order valence-electron chi connectivity index (χ4n) is 5.28. The second-order valence-electron chi connectivity index (χ2n) is 19.1. The zero-order valence-corrected chi connectivity index (χ0v) is 35.7. The smallest absolute Gasteiger partial charge is 0.0751 e. The third kappa shape index (κ3) is 10.3. The molecule has 46 heavy (non-hydrogen) atoms. The van der Waals surface area contributed by atoms with E-state index in [1.807, 2.05) is 0 Å². The van der Waals surface area contributed by atoms with Crippen LogP contribution in [-0.2, 0) is 32.5 Å². The average Bonchev–Trinajstić information content (AvgIpc) is 2.85. The first-order valence-electron chi connectivity index (χ1n) is 16.9. The van der Waals surface area contributed by atoms with Crippen molar-refractivity contribution in [3.8, 4) is 0 Å². The van der Waals surface area contributed by atoms with Crippen molar-refractivity contribution in [1.82, 2.24) is 0 Å². The van der Waals surface area contributed by atoms with Gasteiger partial charge in [0, 0.05) is 14.7 Å². The van der Waals surface area contributed by atoms with Gasteiger partial charge in [-0.3, -0.25) is 0 Å². The van der Waals surface area contributed by atoms with Gasteiger partial charge in [-0.1, -0.05) is 195 Å². The molecule has 0 radical (unpaired) electrons. The van der Waals surface area contributed by atoms with E-state index in [9.17, 15) is 0 Å². The molecule has 0 N–H and O–H groups in total. The van der Waals surface area contributed by atoms with E-state index in [-0.39, 0.29) is 32.5 Å². The maximum atomic E-state index is 2.49. The molecule has 0 heterocycles. The van der Waals surface area contributed by atoms with Crippen molar-refractivity contribution in [2.75, 3.05) is 0 Å². The first kappa shape index (κ1) is 39.6. The van der Waals surface area contributed by atoms with Crippen LogP contribution in [0.4, 0.5) is 0 Å². The molecule has 0 aliphatic rings. The summed E-state index contributed by atoms with van der Waals surface area (Å²) in [5, 5.41) is 0. The average molecular weight is 695 g/mol. The Morgan fingerprint density at radius 1 is 0.326 bits per heavy atom. The predicted molar refractivity (Wildman–Crippen MR) is 216 cm³/mol. The lowest BCUT2D eigenvalue weighted by Gasteiger charge is -2.31.